The van der Waals surface area contributed by atoms with Gasteiger partial charge in [0.1, 0.15) is 5.82 Å². The molecule has 1 aromatic carbocycles. The molecule has 1 amide bonds. The number of benzene rings is 1. The second-order valence-corrected chi connectivity index (χ2v) is 9.40. The lowest BCUT2D eigenvalue weighted by Crippen LogP contribution is -2.49. The maximum absolute atomic E-state index is 13.9. The van der Waals surface area contributed by atoms with Crippen LogP contribution in [0.2, 0.25) is 0 Å². The van der Waals surface area contributed by atoms with Crippen molar-refractivity contribution in [1.82, 2.24) is 15.1 Å². The molecule has 1 aromatic rings. The predicted molar refractivity (Wildman–Crippen MR) is 107 cm³/mol. The van der Waals surface area contributed by atoms with E-state index in [1.807, 2.05) is 6.07 Å². The van der Waals surface area contributed by atoms with Gasteiger partial charge in [0, 0.05) is 38.0 Å². The molecule has 5 heteroatoms. The number of nitrogens with one attached hydrogen (secondary N) is 1. The van der Waals surface area contributed by atoms with Gasteiger partial charge in [0.05, 0.1) is 6.04 Å². The highest BCUT2D eigenvalue weighted by Gasteiger charge is 2.44. The van der Waals surface area contributed by atoms with E-state index in [0.717, 1.165) is 44.5 Å². The van der Waals surface area contributed by atoms with Crippen LogP contribution in [-0.2, 0) is 4.79 Å². The molecule has 0 radical (unpaired) electrons. The van der Waals surface area contributed by atoms with Gasteiger partial charge >= 0.3 is 0 Å². The van der Waals surface area contributed by atoms with E-state index in [1.165, 1.54) is 6.07 Å². The topological polar surface area (TPSA) is 35.6 Å². The van der Waals surface area contributed by atoms with E-state index >= 15 is 0 Å². The molecular weight excluding hydrogens is 341 g/mol. The first-order valence-electron chi connectivity index (χ1n) is 10.2. The minimum atomic E-state index is -0.201. The number of hydrogen-bond donors (Lipinski definition) is 1. The van der Waals surface area contributed by atoms with Gasteiger partial charge in [-0.15, -0.1) is 0 Å². The second kappa shape index (κ2) is 8.27. The molecule has 0 aromatic heterocycles. The van der Waals surface area contributed by atoms with Crippen molar-refractivity contribution in [3.8, 4) is 0 Å². The third-order valence-electron chi connectivity index (χ3n) is 5.88. The zero-order chi connectivity index (χ0) is 19.6. The van der Waals surface area contributed by atoms with Crippen LogP contribution >= 0.6 is 0 Å². The summed E-state index contributed by atoms with van der Waals surface area (Å²) < 4.78 is 13.9. The molecule has 0 aliphatic carbocycles. The summed E-state index contributed by atoms with van der Waals surface area (Å²) in [6.07, 6.45) is 3.73. The first-order chi connectivity index (χ1) is 12.7. The standard InChI is InChI=1S/C22H34FN3O/c1-22(2,14-25(3)4)15-26-13-18(16-8-7-9-17(23)12-16)21-19(26)10-5-6-11-20(27)24-21/h7-9,12,18-19,21H,5-6,10-11,13-15H2,1-4H3,(H,24,27)/t18-,19+,21-/m0/s1. The molecule has 4 nitrogen and oxygen atoms in total. The molecule has 1 N–H and O–H groups in total. The lowest BCUT2D eigenvalue weighted by Gasteiger charge is -2.37. The Balaban J connectivity index is 1.87. The molecule has 0 unspecified atom stereocenters. The van der Waals surface area contributed by atoms with E-state index in [2.05, 4.69) is 43.1 Å². The Morgan fingerprint density at radius 1 is 1.30 bits per heavy atom. The maximum Gasteiger partial charge on any atom is 0.220 e. The van der Waals surface area contributed by atoms with Gasteiger partial charge in [0.25, 0.3) is 0 Å². The Labute approximate surface area is 163 Å². The molecule has 27 heavy (non-hydrogen) atoms. The van der Waals surface area contributed by atoms with Crippen molar-refractivity contribution in [3.63, 3.8) is 0 Å². The fourth-order valence-electron chi connectivity index (χ4n) is 5.14. The Bertz CT molecular complexity index is 661. The lowest BCUT2D eigenvalue weighted by atomic mass is 9.88. The Hall–Kier alpha value is -1.46. The van der Waals surface area contributed by atoms with Gasteiger partial charge in [-0.25, -0.2) is 4.39 Å². The molecule has 2 saturated heterocycles. The van der Waals surface area contributed by atoms with Crippen LogP contribution in [0.4, 0.5) is 4.39 Å². The number of amides is 1. The average molecular weight is 376 g/mol. The number of halogens is 1. The smallest absolute Gasteiger partial charge is 0.220 e. The van der Waals surface area contributed by atoms with Crippen molar-refractivity contribution in [3.05, 3.63) is 35.6 Å². The number of hydrogen-bond acceptors (Lipinski definition) is 3. The summed E-state index contributed by atoms with van der Waals surface area (Å²) in [6.45, 7) is 7.47. The Kier molecular flexibility index (Phi) is 6.21. The molecule has 0 spiro atoms. The highest BCUT2D eigenvalue weighted by atomic mass is 19.1. The average Bonchev–Trinajstić information content (AvgIpc) is 2.84. The van der Waals surface area contributed by atoms with Crippen molar-refractivity contribution < 1.29 is 9.18 Å². The van der Waals surface area contributed by atoms with Crippen LogP contribution in [0, 0.1) is 11.2 Å². The van der Waals surface area contributed by atoms with Crippen LogP contribution in [0.1, 0.15) is 51.0 Å². The first-order valence-corrected chi connectivity index (χ1v) is 10.2. The quantitative estimate of drug-likeness (QED) is 0.858. The van der Waals surface area contributed by atoms with Crippen molar-refractivity contribution in [2.75, 3.05) is 33.7 Å². The normalized spacial score (nSPS) is 27.2. The van der Waals surface area contributed by atoms with E-state index in [1.54, 1.807) is 12.1 Å². The molecule has 2 aliphatic heterocycles. The van der Waals surface area contributed by atoms with Crippen LogP contribution in [-0.4, -0.2) is 61.5 Å². The monoisotopic (exact) mass is 375 g/mol. The van der Waals surface area contributed by atoms with Gasteiger partial charge in [-0.3, -0.25) is 9.69 Å². The van der Waals surface area contributed by atoms with E-state index in [4.69, 9.17) is 0 Å². The van der Waals surface area contributed by atoms with E-state index in [0.29, 0.717) is 12.5 Å². The van der Waals surface area contributed by atoms with E-state index < -0.39 is 0 Å². The van der Waals surface area contributed by atoms with Gasteiger partial charge in [0.2, 0.25) is 5.91 Å². The molecule has 0 bridgehead atoms. The number of rotatable bonds is 5. The first kappa shape index (κ1) is 20.3. The fraction of sp³-hybridized carbons (Fsp3) is 0.682. The molecule has 2 aliphatic rings. The lowest BCUT2D eigenvalue weighted by molar-refractivity contribution is -0.122. The number of carbonyl (C=O) groups excluding carboxylic acids is 1. The molecule has 2 heterocycles. The van der Waals surface area contributed by atoms with Crippen LogP contribution in [0.5, 0.6) is 0 Å². The molecule has 3 atom stereocenters. The summed E-state index contributed by atoms with van der Waals surface area (Å²) in [5.74, 6) is 0.0796. The van der Waals surface area contributed by atoms with Crippen LogP contribution in [0.3, 0.4) is 0 Å². The Morgan fingerprint density at radius 2 is 2.07 bits per heavy atom. The zero-order valence-corrected chi connectivity index (χ0v) is 17.2. The molecule has 3 rings (SSSR count). The maximum atomic E-state index is 13.9. The highest BCUT2D eigenvalue weighted by molar-refractivity contribution is 5.76. The molecule has 2 fully saturated rings. The number of likely N-dealkylation sites (tertiary alicyclic amines) is 1. The summed E-state index contributed by atoms with van der Waals surface area (Å²) in [4.78, 5) is 17.1. The van der Waals surface area contributed by atoms with E-state index in [-0.39, 0.29) is 29.1 Å². The van der Waals surface area contributed by atoms with Gasteiger partial charge in [-0.2, -0.15) is 0 Å². The van der Waals surface area contributed by atoms with Gasteiger partial charge in [-0.05, 0) is 50.0 Å². The summed E-state index contributed by atoms with van der Waals surface area (Å²) in [7, 11) is 4.22. The Morgan fingerprint density at radius 3 is 2.78 bits per heavy atom. The summed E-state index contributed by atoms with van der Waals surface area (Å²) >= 11 is 0. The number of carbonyl (C=O) groups is 1. The third-order valence-corrected chi connectivity index (χ3v) is 5.88. The molecular formula is C22H34FN3O. The van der Waals surface area contributed by atoms with Crippen LogP contribution < -0.4 is 5.32 Å². The number of nitrogens with zero attached hydrogens (tertiary/aromatic N) is 2. The third kappa shape index (κ3) is 5.08. The van der Waals surface area contributed by atoms with Crippen molar-refractivity contribution in [2.24, 2.45) is 5.41 Å². The van der Waals surface area contributed by atoms with E-state index in [9.17, 15) is 9.18 Å². The summed E-state index contributed by atoms with van der Waals surface area (Å²) in [6, 6.07) is 7.30. The van der Waals surface area contributed by atoms with Gasteiger partial charge in [-0.1, -0.05) is 32.4 Å². The minimum Gasteiger partial charge on any atom is -0.351 e. The molecule has 0 saturated carbocycles. The predicted octanol–water partition coefficient (Wildman–Crippen LogP) is 3.24. The van der Waals surface area contributed by atoms with Crippen molar-refractivity contribution in [1.29, 1.82) is 0 Å². The van der Waals surface area contributed by atoms with Gasteiger partial charge < -0.3 is 10.2 Å². The van der Waals surface area contributed by atoms with Crippen molar-refractivity contribution >= 4 is 5.91 Å². The SMILES string of the molecule is CN(C)CC(C)(C)CN1C[C@@H](c2cccc(F)c2)[C@@H]2NC(=O)CCCC[C@H]21. The molecule has 150 valence electrons. The van der Waals surface area contributed by atoms with Crippen LogP contribution in [0.25, 0.3) is 0 Å². The minimum absolute atomic E-state index is 0.0646. The summed E-state index contributed by atoms with van der Waals surface area (Å²) in [5, 5.41) is 3.29. The number of fused-ring (bicyclic) bond motifs is 1. The largest absolute Gasteiger partial charge is 0.351 e. The van der Waals surface area contributed by atoms with Crippen LogP contribution in [0.15, 0.2) is 24.3 Å². The highest BCUT2D eigenvalue weighted by Crippen LogP contribution is 2.37. The second-order valence-electron chi connectivity index (χ2n) is 9.40. The zero-order valence-electron chi connectivity index (χ0n) is 17.2. The fourth-order valence-corrected chi connectivity index (χ4v) is 5.14. The van der Waals surface area contributed by atoms with Gasteiger partial charge in [0.15, 0.2) is 0 Å². The van der Waals surface area contributed by atoms with Crippen molar-refractivity contribution in [2.45, 2.75) is 57.5 Å². The summed E-state index contributed by atoms with van der Waals surface area (Å²) in [5.41, 5.74) is 1.15.